The van der Waals surface area contributed by atoms with Gasteiger partial charge in [-0.15, -0.1) is 0 Å². The molecule has 5 nitrogen and oxygen atoms in total. The topological polar surface area (TPSA) is 59.6 Å². The molecule has 0 saturated carbocycles. The summed E-state index contributed by atoms with van der Waals surface area (Å²) in [6, 6.07) is 12.6. The van der Waals surface area contributed by atoms with Gasteiger partial charge in [0.2, 0.25) is 5.91 Å². The molecule has 0 heterocycles. The molecule has 0 spiro atoms. The number of halogens is 1. The van der Waals surface area contributed by atoms with Crippen LogP contribution < -0.4 is 20.1 Å². The quantitative estimate of drug-likeness (QED) is 0.787. The summed E-state index contributed by atoms with van der Waals surface area (Å²) < 4.78 is 10.8. The first kappa shape index (κ1) is 17.9. The Balaban J connectivity index is 1.95. The number of anilines is 2. The summed E-state index contributed by atoms with van der Waals surface area (Å²) in [6.45, 7) is 3.99. The molecule has 128 valence electrons. The van der Waals surface area contributed by atoms with Gasteiger partial charge in [-0.05, 0) is 44.2 Å². The fraction of sp³-hybridized carbons (Fsp3) is 0.278. The van der Waals surface area contributed by atoms with Crippen LogP contribution in [0.3, 0.4) is 0 Å². The van der Waals surface area contributed by atoms with Crippen molar-refractivity contribution in [3.63, 3.8) is 0 Å². The molecule has 0 fully saturated rings. The van der Waals surface area contributed by atoms with E-state index in [1.807, 2.05) is 32.0 Å². The fourth-order valence-corrected chi connectivity index (χ4v) is 2.34. The van der Waals surface area contributed by atoms with Crippen LogP contribution >= 0.6 is 11.6 Å². The number of hydrogen-bond acceptors (Lipinski definition) is 4. The summed E-state index contributed by atoms with van der Waals surface area (Å²) in [4.78, 5) is 12.1. The number of carbonyl (C=O) groups is 1. The van der Waals surface area contributed by atoms with Gasteiger partial charge in [-0.3, -0.25) is 4.79 Å². The third kappa shape index (κ3) is 5.06. The second kappa shape index (κ2) is 8.45. The highest BCUT2D eigenvalue weighted by atomic mass is 35.5. The largest absolute Gasteiger partial charge is 0.495 e. The van der Waals surface area contributed by atoms with E-state index in [9.17, 15) is 4.79 Å². The predicted molar refractivity (Wildman–Crippen MR) is 97.3 cm³/mol. The van der Waals surface area contributed by atoms with Crippen molar-refractivity contribution in [2.24, 2.45) is 0 Å². The smallest absolute Gasteiger partial charge is 0.243 e. The first-order valence-corrected chi connectivity index (χ1v) is 8.00. The zero-order valence-electron chi connectivity index (χ0n) is 13.9. The Bertz CT molecular complexity index is 704. The van der Waals surface area contributed by atoms with E-state index in [4.69, 9.17) is 21.1 Å². The van der Waals surface area contributed by atoms with E-state index in [1.54, 1.807) is 31.4 Å². The van der Waals surface area contributed by atoms with E-state index in [0.717, 1.165) is 5.69 Å². The first-order valence-electron chi connectivity index (χ1n) is 7.62. The molecule has 2 rings (SSSR count). The van der Waals surface area contributed by atoms with Crippen LogP contribution in [0, 0.1) is 0 Å². The number of hydrogen-bond donors (Lipinski definition) is 2. The molecule has 0 saturated heterocycles. The van der Waals surface area contributed by atoms with Crippen LogP contribution in [-0.2, 0) is 4.79 Å². The monoisotopic (exact) mass is 348 g/mol. The van der Waals surface area contributed by atoms with Crippen molar-refractivity contribution in [2.75, 3.05) is 24.3 Å². The lowest BCUT2D eigenvalue weighted by atomic mass is 10.2. The molecule has 2 N–H and O–H groups in total. The van der Waals surface area contributed by atoms with Crippen LogP contribution in [0.1, 0.15) is 13.8 Å². The average Bonchev–Trinajstić information content (AvgIpc) is 2.54. The fourth-order valence-electron chi connectivity index (χ4n) is 2.08. The van der Waals surface area contributed by atoms with Crippen molar-refractivity contribution < 1.29 is 14.3 Å². The van der Waals surface area contributed by atoms with Crippen molar-refractivity contribution >= 4 is 28.9 Å². The second-order valence-electron chi connectivity index (χ2n) is 5.41. The standard InChI is InChI=1S/C18H21ClN2O3/c1-12(2)24-17-7-5-4-6-15(17)21-18(22)11-20-13-8-9-16(23-3)14(19)10-13/h4-10,12,20H,11H2,1-3H3,(H,21,22). The van der Waals surface area contributed by atoms with Gasteiger partial charge in [0, 0.05) is 5.69 Å². The maximum Gasteiger partial charge on any atom is 0.243 e. The third-order valence-corrected chi connectivity index (χ3v) is 3.42. The molecule has 6 heteroatoms. The van der Waals surface area contributed by atoms with Gasteiger partial charge in [0.1, 0.15) is 11.5 Å². The normalized spacial score (nSPS) is 10.4. The van der Waals surface area contributed by atoms with E-state index in [0.29, 0.717) is 22.2 Å². The summed E-state index contributed by atoms with van der Waals surface area (Å²) in [5.74, 6) is 1.06. The van der Waals surface area contributed by atoms with Crippen LogP contribution in [0.25, 0.3) is 0 Å². The minimum Gasteiger partial charge on any atom is -0.495 e. The molecule has 0 aliphatic rings. The summed E-state index contributed by atoms with van der Waals surface area (Å²) >= 11 is 6.06. The molecule has 0 aromatic heterocycles. The maximum atomic E-state index is 12.1. The summed E-state index contributed by atoms with van der Waals surface area (Å²) in [5, 5.41) is 6.35. The van der Waals surface area contributed by atoms with Crippen LogP contribution in [0.15, 0.2) is 42.5 Å². The SMILES string of the molecule is COc1ccc(NCC(=O)Nc2ccccc2OC(C)C)cc1Cl. The molecule has 0 radical (unpaired) electrons. The zero-order valence-corrected chi connectivity index (χ0v) is 14.7. The predicted octanol–water partition coefficient (Wildman–Crippen LogP) is 4.19. The lowest BCUT2D eigenvalue weighted by Gasteiger charge is -2.15. The van der Waals surface area contributed by atoms with Crippen molar-refractivity contribution in [2.45, 2.75) is 20.0 Å². The average molecular weight is 349 g/mol. The van der Waals surface area contributed by atoms with Crippen LogP contribution in [0.5, 0.6) is 11.5 Å². The van der Waals surface area contributed by atoms with E-state index in [-0.39, 0.29) is 18.6 Å². The Kier molecular flexibility index (Phi) is 6.32. The number of rotatable bonds is 7. The number of carbonyl (C=O) groups excluding carboxylic acids is 1. The molecule has 0 aliphatic heterocycles. The highest BCUT2D eigenvalue weighted by Gasteiger charge is 2.09. The molecule has 2 aromatic rings. The number of ether oxygens (including phenoxy) is 2. The molecule has 0 aliphatic carbocycles. The second-order valence-corrected chi connectivity index (χ2v) is 5.82. The van der Waals surface area contributed by atoms with Gasteiger partial charge in [0.05, 0.1) is 30.5 Å². The van der Waals surface area contributed by atoms with Gasteiger partial charge < -0.3 is 20.1 Å². The highest BCUT2D eigenvalue weighted by molar-refractivity contribution is 6.32. The number of benzene rings is 2. The van der Waals surface area contributed by atoms with E-state index < -0.39 is 0 Å². The third-order valence-electron chi connectivity index (χ3n) is 3.13. The number of methoxy groups -OCH3 is 1. The maximum absolute atomic E-state index is 12.1. The Hall–Kier alpha value is -2.40. The molecule has 0 atom stereocenters. The van der Waals surface area contributed by atoms with Crippen molar-refractivity contribution in [1.29, 1.82) is 0 Å². The van der Waals surface area contributed by atoms with E-state index >= 15 is 0 Å². The van der Waals surface area contributed by atoms with E-state index in [2.05, 4.69) is 10.6 Å². The molecular weight excluding hydrogens is 328 g/mol. The molecule has 24 heavy (non-hydrogen) atoms. The molecule has 1 amide bonds. The molecule has 0 bridgehead atoms. The zero-order chi connectivity index (χ0) is 17.5. The lowest BCUT2D eigenvalue weighted by Crippen LogP contribution is -2.22. The van der Waals surface area contributed by atoms with Crippen molar-refractivity contribution in [3.8, 4) is 11.5 Å². The molecular formula is C18H21ClN2O3. The summed E-state index contributed by atoms with van der Waals surface area (Å²) in [5.41, 5.74) is 1.38. The lowest BCUT2D eigenvalue weighted by molar-refractivity contribution is -0.114. The Morgan fingerprint density at radius 2 is 1.92 bits per heavy atom. The molecule has 0 unspecified atom stereocenters. The Morgan fingerprint density at radius 3 is 2.58 bits per heavy atom. The van der Waals surface area contributed by atoms with Crippen LogP contribution in [0.2, 0.25) is 5.02 Å². The van der Waals surface area contributed by atoms with Gasteiger partial charge in [0.15, 0.2) is 0 Å². The van der Waals surface area contributed by atoms with E-state index in [1.165, 1.54) is 0 Å². The Morgan fingerprint density at radius 1 is 1.17 bits per heavy atom. The minimum absolute atomic E-state index is 0.0302. The van der Waals surface area contributed by atoms with Crippen LogP contribution in [-0.4, -0.2) is 25.7 Å². The minimum atomic E-state index is -0.179. The van der Waals surface area contributed by atoms with Crippen molar-refractivity contribution in [3.05, 3.63) is 47.5 Å². The number of para-hydroxylation sites is 2. The molecule has 2 aromatic carbocycles. The highest BCUT2D eigenvalue weighted by Crippen LogP contribution is 2.27. The van der Waals surface area contributed by atoms with Gasteiger partial charge in [0.25, 0.3) is 0 Å². The van der Waals surface area contributed by atoms with Gasteiger partial charge in [-0.1, -0.05) is 23.7 Å². The number of amides is 1. The van der Waals surface area contributed by atoms with Crippen molar-refractivity contribution in [1.82, 2.24) is 0 Å². The first-order chi connectivity index (χ1) is 11.5. The number of nitrogens with one attached hydrogen (secondary N) is 2. The summed E-state index contributed by atoms with van der Waals surface area (Å²) in [6.07, 6.45) is 0.0302. The van der Waals surface area contributed by atoms with Crippen LogP contribution in [0.4, 0.5) is 11.4 Å². The Labute approximate surface area is 146 Å². The van der Waals surface area contributed by atoms with Gasteiger partial charge in [-0.25, -0.2) is 0 Å². The summed E-state index contributed by atoms with van der Waals surface area (Å²) in [7, 11) is 1.55. The van der Waals surface area contributed by atoms with Gasteiger partial charge >= 0.3 is 0 Å². The van der Waals surface area contributed by atoms with Gasteiger partial charge in [-0.2, -0.15) is 0 Å².